The van der Waals surface area contributed by atoms with Crippen molar-refractivity contribution < 1.29 is 9.53 Å². The Bertz CT molecular complexity index is 2030. The highest BCUT2D eigenvalue weighted by Crippen LogP contribution is 2.40. The maximum atomic E-state index is 14.2. The third-order valence-corrected chi connectivity index (χ3v) is 8.58. The summed E-state index contributed by atoms with van der Waals surface area (Å²) in [6, 6.07) is 23.5. The number of hydrogen-bond donors (Lipinski definition) is 0. The number of aryl methyl sites for hydroxylation is 1. The average Bonchev–Trinajstić information content (AvgIpc) is 3.41. The summed E-state index contributed by atoms with van der Waals surface area (Å²) in [5.41, 5.74) is 5.88. The smallest absolute Gasteiger partial charge is 0.271 e. The molecule has 0 amide bonds. The van der Waals surface area contributed by atoms with E-state index in [0.29, 0.717) is 26.4 Å². The van der Waals surface area contributed by atoms with Crippen LogP contribution in [0.1, 0.15) is 42.4 Å². The highest BCUT2D eigenvalue weighted by atomic mass is 32.1. The molecule has 6 rings (SSSR count). The first-order valence-corrected chi connectivity index (χ1v) is 13.9. The van der Waals surface area contributed by atoms with Crippen LogP contribution in [0.2, 0.25) is 0 Å². The maximum absolute atomic E-state index is 14.2. The van der Waals surface area contributed by atoms with Crippen LogP contribution in [0.25, 0.3) is 22.5 Å². The van der Waals surface area contributed by atoms with Gasteiger partial charge in [0.1, 0.15) is 5.75 Å². The average molecular weight is 548 g/mol. The fraction of sp³-hybridized carbons (Fsp3) is 0.182. The SMILES string of the molecule is COc1ccc2ccccc2c1C1C(C(C)=O)=C(C)N=c2s/c(=C/c3cc(C)n(-c4ccccc4)c3C)c(=O)n21. The second-order valence-corrected chi connectivity index (χ2v) is 11.0. The van der Waals surface area contributed by atoms with Crippen molar-refractivity contribution in [2.75, 3.05) is 7.11 Å². The topological polar surface area (TPSA) is 65.6 Å². The molecule has 0 fully saturated rings. The van der Waals surface area contributed by atoms with Crippen molar-refractivity contribution in [3.63, 3.8) is 0 Å². The van der Waals surface area contributed by atoms with E-state index in [9.17, 15) is 9.59 Å². The molecule has 0 saturated carbocycles. The molecule has 1 aliphatic heterocycles. The molecule has 0 spiro atoms. The van der Waals surface area contributed by atoms with E-state index in [4.69, 9.17) is 9.73 Å². The van der Waals surface area contributed by atoms with Gasteiger partial charge in [0.05, 0.1) is 17.7 Å². The lowest BCUT2D eigenvalue weighted by molar-refractivity contribution is -0.114. The Morgan fingerprint density at radius 1 is 1.00 bits per heavy atom. The fourth-order valence-electron chi connectivity index (χ4n) is 5.83. The molecule has 0 saturated heterocycles. The van der Waals surface area contributed by atoms with Crippen LogP contribution in [0, 0.1) is 13.8 Å². The summed E-state index contributed by atoms with van der Waals surface area (Å²) in [7, 11) is 1.61. The number of aromatic nitrogens is 2. The Labute approximate surface area is 235 Å². The molecule has 1 unspecified atom stereocenters. The van der Waals surface area contributed by atoms with Gasteiger partial charge in [0.15, 0.2) is 10.6 Å². The van der Waals surface area contributed by atoms with Crippen molar-refractivity contribution in [2.24, 2.45) is 4.99 Å². The molecule has 1 atom stereocenters. The Morgan fingerprint density at radius 2 is 1.73 bits per heavy atom. The minimum Gasteiger partial charge on any atom is -0.496 e. The Balaban J connectivity index is 1.62. The van der Waals surface area contributed by atoms with Gasteiger partial charge in [-0.15, -0.1) is 0 Å². The van der Waals surface area contributed by atoms with Crippen LogP contribution >= 0.6 is 11.3 Å². The quantitative estimate of drug-likeness (QED) is 0.296. The van der Waals surface area contributed by atoms with Gasteiger partial charge in [0.2, 0.25) is 0 Å². The maximum Gasteiger partial charge on any atom is 0.271 e. The van der Waals surface area contributed by atoms with E-state index in [1.54, 1.807) is 11.7 Å². The Morgan fingerprint density at radius 3 is 2.45 bits per heavy atom. The molecule has 5 aromatic rings. The normalized spacial score (nSPS) is 15.3. The third-order valence-electron chi connectivity index (χ3n) is 7.60. The van der Waals surface area contributed by atoms with Crippen molar-refractivity contribution in [2.45, 2.75) is 33.7 Å². The van der Waals surface area contributed by atoms with Crippen LogP contribution in [0.5, 0.6) is 5.75 Å². The zero-order valence-electron chi connectivity index (χ0n) is 23.1. The summed E-state index contributed by atoms with van der Waals surface area (Å²) in [4.78, 5) is 32.6. The summed E-state index contributed by atoms with van der Waals surface area (Å²) >= 11 is 1.34. The Kier molecular flexibility index (Phi) is 6.39. The zero-order valence-corrected chi connectivity index (χ0v) is 23.9. The molecule has 40 heavy (non-hydrogen) atoms. The second-order valence-electron chi connectivity index (χ2n) is 10.0. The number of ether oxygens (including phenoxy) is 1. The number of benzene rings is 3. The second kappa shape index (κ2) is 9.92. The van der Waals surface area contributed by atoms with Gasteiger partial charge in [-0.05, 0) is 74.4 Å². The minimum absolute atomic E-state index is 0.123. The number of rotatable bonds is 5. The molecule has 0 radical (unpaired) electrons. The van der Waals surface area contributed by atoms with E-state index < -0.39 is 6.04 Å². The number of ketones is 1. The van der Waals surface area contributed by atoms with Crippen molar-refractivity contribution in [3.8, 4) is 11.4 Å². The van der Waals surface area contributed by atoms with Crippen LogP contribution in [0.15, 0.2) is 93.9 Å². The van der Waals surface area contributed by atoms with Gasteiger partial charge in [0.25, 0.3) is 5.56 Å². The first-order valence-electron chi connectivity index (χ1n) is 13.1. The van der Waals surface area contributed by atoms with E-state index in [2.05, 4.69) is 36.6 Å². The molecule has 2 aromatic heterocycles. The van der Waals surface area contributed by atoms with E-state index in [0.717, 1.165) is 39.0 Å². The van der Waals surface area contributed by atoms with Crippen LogP contribution in [0.4, 0.5) is 0 Å². The number of fused-ring (bicyclic) bond motifs is 2. The molecule has 6 nitrogen and oxygen atoms in total. The van der Waals surface area contributed by atoms with Crippen LogP contribution in [0.3, 0.4) is 0 Å². The molecule has 0 bridgehead atoms. The van der Waals surface area contributed by atoms with Gasteiger partial charge in [-0.25, -0.2) is 4.99 Å². The number of thiazole rings is 1. The zero-order chi connectivity index (χ0) is 28.1. The van der Waals surface area contributed by atoms with Gasteiger partial charge in [0, 0.05) is 33.9 Å². The number of para-hydroxylation sites is 1. The number of carbonyl (C=O) groups excluding carboxylic acids is 1. The molecule has 1 aliphatic rings. The van der Waals surface area contributed by atoms with Gasteiger partial charge in [-0.1, -0.05) is 59.9 Å². The molecular formula is C33H29N3O3S. The molecule has 0 N–H and O–H groups in total. The van der Waals surface area contributed by atoms with Crippen LogP contribution < -0.4 is 19.6 Å². The van der Waals surface area contributed by atoms with Crippen LogP contribution in [-0.4, -0.2) is 22.0 Å². The van der Waals surface area contributed by atoms with E-state index in [1.165, 1.54) is 18.3 Å². The monoisotopic (exact) mass is 547 g/mol. The fourth-order valence-corrected chi connectivity index (χ4v) is 6.87. The van der Waals surface area contributed by atoms with Gasteiger partial charge in [-0.3, -0.25) is 14.2 Å². The number of nitrogens with zero attached hydrogens (tertiary/aromatic N) is 3. The lowest BCUT2D eigenvalue weighted by Gasteiger charge is -2.27. The standard InChI is InChI=1S/C33H29N3O3S/c1-19-17-24(21(3)35(19)25-12-7-6-8-13-25)18-28-32(38)36-31(29(22(4)37)20(2)34-33(36)40-28)30-26-14-10-9-11-23(26)15-16-27(30)39-5/h6-18,31H,1-5H3/b28-18+. The summed E-state index contributed by atoms with van der Waals surface area (Å²) in [6.45, 7) is 7.50. The third kappa shape index (κ3) is 4.05. The van der Waals surface area contributed by atoms with Crippen molar-refractivity contribution >= 4 is 34.0 Å². The lowest BCUT2D eigenvalue weighted by Crippen LogP contribution is -2.39. The number of allylic oxidation sites excluding steroid dienone is 2. The van der Waals surface area contributed by atoms with Crippen molar-refractivity contribution in [1.82, 2.24) is 9.13 Å². The molecule has 200 valence electrons. The first-order chi connectivity index (χ1) is 19.3. The van der Waals surface area contributed by atoms with Gasteiger partial charge in [-0.2, -0.15) is 0 Å². The molecule has 7 heteroatoms. The molecule has 3 heterocycles. The number of hydrogen-bond acceptors (Lipinski definition) is 5. The predicted octanol–water partition coefficient (Wildman–Crippen LogP) is 5.39. The van der Waals surface area contributed by atoms with Crippen molar-refractivity contribution in [3.05, 3.63) is 126 Å². The Hall–Kier alpha value is -4.49. The minimum atomic E-state index is -0.659. The number of methoxy groups -OCH3 is 1. The number of Topliss-reactive ketones (excluding diaryl/α,β-unsaturated/α-hetero) is 1. The summed E-state index contributed by atoms with van der Waals surface area (Å²) in [5, 5.41) is 1.94. The van der Waals surface area contributed by atoms with Crippen molar-refractivity contribution in [1.29, 1.82) is 0 Å². The van der Waals surface area contributed by atoms with E-state index in [-0.39, 0.29) is 11.3 Å². The highest BCUT2D eigenvalue weighted by Gasteiger charge is 2.33. The molecular weight excluding hydrogens is 518 g/mol. The highest BCUT2D eigenvalue weighted by molar-refractivity contribution is 7.07. The van der Waals surface area contributed by atoms with E-state index in [1.807, 2.05) is 67.6 Å². The summed E-state index contributed by atoms with van der Waals surface area (Å²) in [5.74, 6) is 0.500. The van der Waals surface area contributed by atoms with Gasteiger partial charge >= 0.3 is 0 Å². The summed E-state index contributed by atoms with van der Waals surface area (Å²) in [6.07, 6.45) is 1.94. The van der Waals surface area contributed by atoms with E-state index >= 15 is 0 Å². The molecule has 3 aromatic carbocycles. The lowest BCUT2D eigenvalue weighted by atomic mass is 9.89. The van der Waals surface area contributed by atoms with Gasteiger partial charge < -0.3 is 9.30 Å². The summed E-state index contributed by atoms with van der Waals surface area (Å²) < 4.78 is 10.2. The first kappa shape index (κ1) is 25.8. The predicted molar refractivity (Wildman–Crippen MR) is 160 cm³/mol. The number of carbonyl (C=O) groups is 1. The van der Waals surface area contributed by atoms with Crippen LogP contribution in [-0.2, 0) is 4.79 Å². The molecule has 0 aliphatic carbocycles. The largest absolute Gasteiger partial charge is 0.496 e.